The van der Waals surface area contributed by atoms with Crippen LogP contribution in [0.25, 0.3) is 11.1 Å². The molecule has 1 aliphatic rings. The van der Waals surface area contributed by atoms with Crippen molar-refractivity contribution in [2.75, 3.05) is 27.2 Å². The van der Waals surface area contributed by atoms with Gasteiger partial charge in [-0.15, -0.1) is 0 Å². The number of nitrogens with zero attached hydrogens (tertiary/aromatic N) is 3. The van der Waals surface area contributed by atoms with Crippen molar-refractivity contribution in [1.29, 1.82) is 0 Å². The van der Waals surface area contributed by atoms with E-state index in [9.17, 15) is 4.79 Å². The molecule has 0 radical (unpaired) electrons. The molecule has 154 valence electrons. The molecule has 0 spiro atoms. The predicted octanol–water partition coefficient (Wildman–Crippen LogP) is 3.64. The average Bonchev–Trinajstić information content (AvgIpc) is 2.80. The van der Waals surface area contributed by atoms with E-state index in [2.05, 4.69) is 46.3 Å². The minimum absolute atomic E-state index is 0.173. The largest absolute Gasteiger partial charge is 0.497 e. The molecule has 5 heteroatoms. The molecule has 30 heavy (non-hydrogen) atoms. The predicted molar refractivity (Wildman–Crippen MR) is 118 cm³/mol. The van der Waals surface area contributed by atoms with E-state index in [0.29, 0.717) is 13.0 Å². The second kappa shape index (κ2) is 9.09. The van der Waals surface area contributed by atoms with Crippen LogP contribution in [0.3, 0.4) is 0 Å². The molecule has 1 atom stereocenters. The number of carbonyl (C=O) groups excluding carboxylic acids is 1. The number of methoxy groups -OCH3 is 1. The van der Waals surface area contributed by atoms with Gasteiger partial charge in [0.25, 0.3) is 0 Å². The van der Waals surface area contributed by atoms with Gasteiger partial charge < -0.3 is 9.64 Å². The summed E-state index contributed by atoms with van der Waals surface area (Å²) in [6, 6.07) is 22.3. The summed E-state index contributed by atoms with van der Waals surface area (Å²) in [4.78, 5) is 21.6. The van der Waals surface area contributed by atoms with Crippen molar-refractivity contribution in [1.82, 2.24) is 14.8 Å². The van der Waals surface area contributed by atoms with Crippen molar-refractivity contribution < 1.29 is 9.53 Å². The molecular weight excluding hydrogens is 374 g/mol. The number of pyridine rings is 1. The van der Waals surface area contributed by atoms with Gasteiger partial charge in [-0.3, -0.25) is 14.7 Å². The summed E-state index contributed by atoms with van der Waals surface area (Å²) < 4.78 is 5.26. The van der Waals surface area contributed by atoms with Crippen molar-refractivity contribution in [3.05, 3.63) is 84.2 Å². The molecule has 3 aromatic rings. The van der Waals surface area contributed by atoms with E-state index in [1.807, 2.05) is 42.3 Å². The van der Waals surface area contributed by atoms with E-state index < -0.39 is 0 Å². The van der Waals surface area contributed by atoms with Crippen LogP contribution in [0.1, 0.15) is 11.3 Å². The van der Waals surface area contributed by atoms with Crippen molar-refractivity contribution in [3.8, 4) is 16.9 Å². The van der Waals surface area contributed by atoms with E-state index in [4.69, 9.17) is 4.74 Å². The number of carbonyl (C=O) groups is 1. The summed E-state index contributed by atoms with van der Waals surface area (Å²) in [5, 5.41) is 0. The summed E-state index contributed by atoms with van der Waals surface area (Å²) in [5.74, 6) is 1.02. The van der Waals surface area contributed by atoms with Gasteiger partial charge >= 0.3 is 0 Å². The quantitative estimate of drug-likeness (QED) is 0.633. The molecule has 4 rings (SSSR count). The number of rotatable bonds is 6. The lowest BCUT2D eigenvalue weighted by atomic mass is 9.97. The fourth-order valence-electron chi connectivity index (χ4n) is 3.95. The molecule has 2 heterocycles. The lowest BCUT2D eigenvalue weighted by Gasteiger charge is -2.39. The SMILES string of the molecule is COc1ccc(-c2cccc(CC3C(=O)N(C)CCN3Cc3ccccn3)c2)cc1. The van der Waals surface area contributed by atoms with Gasteiger partial charge in [-0.05, 0) is 47.4 Å². The Balaban J connectivity index is 1.56. The third-order valence-electron chi connectivity index (χ3n) is 5.70. The molecule has 1 fully saturated rings. The van der Waals surface area contributed by atoms with E-state index >= 15 is 0 Å². The van der Waals surface area contributed by atoms with E-state index in [-0.39, 0.29) is 11.9 Å². The standard InChI is InChI=1S/C25H27N3O2/c1-27-14-15-28(18-22-8-3-4-13-26-22)24(25(27)29)17-19-6-5-7-21(16-19)20-9-11-23(30-2)12-10-20/h3-13,16,24H,14-15,17-18H2,1-2H3. The first kappa shape index (κ1) is 20.1. The average molecular weight is 402 g/mol. The minimum Gasteiger partial charge on any atom is -0.497 e. The minimum atomic E-state index is -0.183. The Kier molecular flexibility index (Phi) is 6.10. The molecule has 1 unspecified atom stereocenters. The second-order valence-electron chi connectivity index (χ2n) is 7.70. The van der Waals surface area contributed by atoms with Crippen LogP contribution in [0.2, 0.25) is 0 Å². The lowest BCUT2D eigenvalue weighted by molar-refractivity contribution is -0.140. The van der Waals surface area contributed by atoms with Gasteiger partial charge in [0.2, 0.25) is 5.91 Å². The number of amides is 1. The highest BCUT2D eigenvalue weighted by Crippen LogP contribution is 2.25. The van der Waals surface area contributed by atoms with E-state index in [1.54, 1.807) is 13.3 Å². The molecule has 1 aliphatic heterocycles. The Labute approximate surface area is 177 Å². The first-order chi connectivity index (χ1) is 14.6. The summed E-state index contributed by atoms with van der Waals surface area (Å²) >= 11 is 0. The number of benzene rings is 2. The molecule has 0 bridgehead atoms. The van der Waals surface area contributed by atoms with Crippen LogP contribution in [0.4, 0.5) is 0 Å². The fraction of sp³-hybridized carbons (Fsp3) is 0.280. The molecule has 0 saturated carbocycles. The summed E-state index contributed by atoms with van der Waals surface area (Å²) in [7, 11) is 3.56. The Morgan fingerprint density at radius 1 is 1.00 bits per heavy atom. The third kappa shape index (κ3) is 4.52. The van der Waals surface area contributed by atoms with E-state index in [1.165, 1.54) is 0 Å². The topological polar surface area (TPSA) is 45.7 Å². The third-order valence-corrected chi connectivity index (χ3v) is 5.70. The Morgan fingerprint density at radius 2 is 1.83 bits per heavy atom. The van der Waals surface area contributed by atoms with Crippen LogP contribution in [0.5, 0.6) is 5.75 Å². The molecular formula is C25H27N3O2. The monoisotopic (exact) mass is 401 g/mol. The smallest absolute Gasteiger partial charge is 0.240 e. The Bertz CT molecular complexity index is 989. The van der Waals surface area contributed by atoms with Gasteiger partial charge in [-0.2, -0.15) is 0 Å². The van der Waals surface area contributed by atoms with Crippen LogP contribution in [0, 0.1) is 0 Å². The van der Waals surface area contributed by atoms with Crippen LogP contribution < -0.4 is 4.74 Å². The number of aromatic nitrogens is 1. The Hall–Kier alpha value is -3.18. The molecule has 2 aromatic carbocycles. The van der Waals surface area contributed by atoms with Gasteiger partial charge in [-0.25, -0.2) is 0 Å². The van der Waals surface area contributed by atoms with E-state index in [0.717, 1.165) is 41.2 Å². The molecule has 0 N–H and O–H groups in total. The van der Waals surface area contributed by atoms with Gasteiger partial charge in [0.05, 0.1) is 18.8 Å². The fourth-order valence-corrected chi connectivity index (χ4v) is 3.95. The van der Waals surface area contributed by atoms with Gasteiger partial charge in [0, 0.05) is 32.9 Å². The lowest BCUT2D eigenvalue weighted by Crippen LogP contribution is -2.56. The highest BCUT2D eigenvalue weighted by molar-refractivity contribution is 5.83. The zero-order valence-corrected chi connectivity index (χ0v) is 17.5. The zero-order chi connectivity index (χ0) is 20.9. The molecule has 5 nitrogen and oxygen atoms in total. The van der Waals surface area contributed by atoms with Crippen molar-refractivity contribution in [2.45, 2.75) is 19.0 Å². The maximum atomic E-state index is 13.0. The Morgan fingerprint density at radius 3 is 2.57 bits per heavy atom. The summed E-state index contributed by atoms with van der Waals surface area (Å²) in [6.07, 6.45) is 2.49. The van der Waals surface area contributed by atoms with Crippen molar-refractivity contribution in [3.63, 3.8) is 0 Å². The summed E-state index contributed by atoms with van der Waals surface area (Å²) in [5.41, 5.74) is 4.42. The first-order valence-corrected chi connectivity index (χ1v) is 10.3. The molecule has 1 aromatic heterocycles. The molecule has 0 aliphatic carbocycles. The molecule has 1 saturated heterocycles. The zero-order valence-electron chi connectivity index (χ0n) is 17.5. The van der Waals surface area contributed by atoms with Gasteiger partial charge in [-0.1, -0.05) is 42.5 Å². The number of hydrogen-bond donors (Lipinski definition) is 0. The number of ether oxygens (including phenoxy) is 1. The summed E-state index contributed by atoms with van der Waals surface area (Å²) in [6.45, 7) is 2.28. The van der Waals surface area contributed by atoms with Crippen LogP contribution in [0.15, 0.2) is 72.9 Å². The van der Waals surface area contributed by atoms with Gasteiger partial charge in [0.15, 0.2) is 0 Å². The van der Waals surface area contributed by atoms with Crippen LogP contribution >= 0.6 is 0 Å². The highest BCUT2D eigenvalue weighted by atomic mass is 16.5. The maximum absolute atomic E-state index is 13.0. The number of hydrogen-bond acceptors (Lipinski definition) is 4. The number of likely N-dealkylation sites (N-methyl/N-ethyl adjacent to an activating group) is 1. The van der Waals surface area contributed by atoms with Crippen molar-refractivity contribution >= 4 is 5.91 Å². The molecule has 1 amide bonds. The van der Waals surface area contributed by atoms with Gasteiger partial charge in [0.1, 0.15) is 5.75 Å². The first-order valence-electron chi connectivity index (χ1n) is 10.3. The van der Waals surface area contributed by atoms with Crippen LogP contribution in [-0.2, 0) is 17.8 Å². The normalized spacial score (nSPS) is 17.2. The van der Waals surface area contributed by atoms with Crippen LogP contribution in [-0.4, -0.2) is 54.0 Å². The second-order valence-corrected chi connectivity index (χ2v) is 7.70. The number of piperazine rings is 1. The van der Waals surface area contributed by atoms with Crippen molar-refractivity contribution in [2.24, 2.45) is 0 Å². The highest BCUT2D eigenvalue weighted by Gasteiger charge is 2.33. The maximum Gasteiger partial charge on any atom is 0.240 e.